The first-order valence-electron chi connectivity index (χ1n) is 11.0. The third-order valence-corrected chi connectivity index (χ3v) is 7.83. The number of carbonyl (C=O) groups is 1. The minimum Gasteiger partial charge on any atom is -0.495 e. The zero-order chi connectivity index (χ0) is 24.5. The highest BCUT2D eigenvalue weighted by Crippen LogP contribution is 2.30. The highest BCUT2D eigenvalue weighted by atomic mass is 32.2. The molecule has 11 heteroatoms. The topological polar surface area (TPSA) is 131 Å². The Kier molecular flexibility index (Phi) is 6.58. The highest BCUT2D eigenvalue weighted by Gasteiger charge is 2.27. The number of nitrogens with zero attached hydrogens (tertiary/aromatic N) is 2. The summed E-state index contributed by atoms with van der Waals surface area (Å²) in [6.07, 6.45) is 2.62. The van der Waals surface area contributed by atoms with Crippen molar-refractivity contribution >= 4 is 32.5 Å². The molecule has 1 aliphatic rings. The molecule has 10 nitrogen and oxygen atoms in total. The average molecular weight is 487 g/mol. The number of aromatic nitrogens is 2. The Morgan fingerprint density at radius 2 is 1.82 bits per heavy atom. The van der Waals surface area contributed by atoms with Gasteiger partial charge < -0.3 is 15.0 Å². The van der Waals surface area contributed by atoms with E-state index in [1.165, 1.54) is 47.8 Å². The fourth-order valence-electron chi connectivity index (χ4n) is 4.08. The molecule has 34 heavy (non-hydrogen) atoms. The van der Waals surface area contributed by atoms with Gasteiger partial charge in [-0.1, -0.05) is 6.42 Å². The van der Waals surface area contributed by atoms with Crippen molar-refractivity contribution in [1.29, 1.82) is 0 Å². The van der Waals surface area contributed by atoms with E-state index in [2.05, 4.69) is 10.3 Å². The molecule has 0 bridgehead atoms. The van der Waals surface area contributed by atoms with Crippen molar-refractivity contribution in [3.63, 3.8) is 0 Å². The predicted octanol–water partition coefficient (Wildman–Crippen LogP) is 2.15. The van der Waals surface area contributed by atoms with E-state index >= 15 is 0 Å². The number of carbonyl (C=O) groups excluding carboxylic acids is 1. The van der Waals surface area contributed by atoms with E-state index in [4.69, 9.17) is 4.74 Å². The lowest BCUT2D eigenvalue weighted by Gasteiger charge is -2.26. The maximum atomic E-state index is 13.1. The molecule has 2 aromatic carbocycles. The van der Waals surface area contributed by atoms with Crippen molar-refractivity contribution in [2.45, 2.75) is 37.6 Å². The summed E-state index contributed by atoms with van der Waals surface area (Å²) in [5, 5.41) is 2.97. The Morgan fingerprint density at radius 3 is 2.50 bits per heavy atom. The molecular formula is C23H26N4O6S. The standard InChI is InChI=1S/C23H26N4O6S/c1-3-27-22(29)17-9-7-15(13-18(17)25-23(27)30)21(28)24-19-14-16(8-10-20(19)33-2)34(31,32)26-11-5-4-6-12-26/h7-10,13-14H,3-6,11-12H2,1-2H3,(H,24,28)(H,25,30). The van der Waals surface area contributed by atoms with E-state index < -0.39 is 27.2 Å². The zero-order valence-electron chi connectivity index (χ0n) is 19.0. The van der Waals surface area contributed by atoms with Gasteiger partial charge in [-0.25, -0.2) is 13.2 Å². The molecule has 180 valence electrons. The van der Waals surface area contributed by atoms with Gasteiger partial charge in [0.15, 0.2) is 0 Å². The smallest absolute Gasteiger partial charge is 0.328 e. The van der Waals surface area contributed by atoms with Crippen LogP contribution in [0, 0.1) is 0 Å². The summed E-state index contributed by atoms with van der Waals surface area (Å²) in [5.41, 5.74) is -0.384. The van der Waals surface area contributed by atoms with Gasteiger partial charge in [0.2, 0.25) is 10.0 Å². The summed E-state index contributed by atoms with van der Waals surface area (Å²) in [6.45, 7) is 2.84. The maximum Gasteiger partial charge on any atom is 0.328 e. The SMILES string of the molecule is CCn1c(=O)[nH]c2cc(C(=O)Nc3cc(S(=O)(=O)N4CCCCC4)ccc3OC)ccc2c1=O. The number of ether oxygens (including phenoxy) is 1. The van der Waals surface area contributed by atoms with Gasteiger partial charge in [-0.05, 0) is 56.2 Å². The van der Waals surface area contributed by atoms with E-state index in [0.29, 0.717) is 18.8 Å². The molecule has 3 aromatic rings. The van der Waals surface area contributed by atoms with Crippen LogP contribution in [-0.4, -0.2) is 48.4 Å². The Balaban J connectivity index is 1.67. The number of rotatable bonds is 6. The molecule has 0 atom stereocenters. The van der Waals surface area contributed by atoms with Crippen LogP contribution in [0.1, 0.15) is 36.5 Å². The first kappa shape index (κ1) is 23.7. The summed E-state index contributed by atoms with van der Waals surface area (Å²) in [5.74, 6) is -0.251. The van der Waals surface area contributed by atoms with Crippen LogP contribution in [-0.2, 0) is 16.6 Å². The Bertz CT molecular complexity index is 1470. The molecule has 1 amide bonds. The van der Waals surface area contributed by atoms with Crippen LogP contribution in [0.5, 0.6) is 5.75 Å². The third-order valence-electron chi connectivity index (χ3n) is 5.93. The van der Waals surface area contributed by atoms with Crippen molar-refractivity contribution in [3.8, 4) is 5.75 Å². The zero-order valence-corrected chi connectivity index (χ0v) is 19.8. The number of hydrogen-bond donors (Lipinski definition) is 2. The van der Waals surface area contributed by atoms with Gasteiger partial charge in [0, 0.05) is 25.2 Å². The van der Waals surface area contributed by atoms with Crippen LogP contribution < -0.4 is 21.3 Å². The van der Waals surface area contributed by atoms with Gasteiger partial charge in [-0.3, -0.25) is 14.2 Å². The van der Waals surface area contributed by atoms with Crippen LogP contribution in [0.25, 0.3) is 10.9 Å². The molecule has 0 saturated carbocycles. The Hall–Kier alpha value is -3.44. The number of sulfonamides is 1. The van der Waals surface area contributed by atoms with E-state index in [1.54, 1.807) is 6.92 Å². The summed E-state index contributed by atoms with van der Waals surface area (Å²) in [4.78, 5) is 40.3. The van der Waals surface area contributed by atoms with Gasteiger partial charge >= 0.3 is 5.69 Å². The number of aromatic amines is 1. The number of amides is 1. The molecular weight excluding hydrogens is 460 g/mol. The monoisotopic (exact) mass is 486 g/mol. The van der Waals surface area contributed by atoms with Gasteiger partial charge in [-0.15, -0.1) is 0 Å². The largest absolute Gasteiger partial charge is 0.495 e. The molecule has 0 radical (unpaired) electrons. The summed E-state index contributed by atoms with van der Waals surface area (Å²) >= 11 is 0. The molecule has 0 aliphatic carbocycles. The number of fused-ring (bicyclic) bond motifs is 1. The lowest BCUT2D eigenvalue weighted by atomic mass is 10.1. The van der Waals surface area contributed by atoms with Crippen LogP contribution >= 0.6 is 0 Å². The lowest BCUT2D eigenvalue weighted by Crippen LogP contribution is -2.35. The number of H-pyrrole nitrogens is 1. The molecule has 1 aromatic heterocycles. The molecule has 0 unspecified atom stereocenters. The fourth-order valence-corrected chi connectivity index (χ4v) is 5.62. The first-order valence-corrected chi connectivity index (χ1v) is 12.5. The van der Waals surface area contributed by atoms with Crippen molar-refractivity contribution in [2.75, 3.05) is 25.5 Å². The molecule has 2 heterocycles. The number of anilines is 1. The van der Waals surface area contributed by atoms with E-state index in [-0.39, 0.29) is 33.6 Å². The van der Waals surface area contributed by atoms with E-state index in [0.717, 1.165) is 23.8 Å². The molecule has 1 saturated heterocycles. The summed E-state index contributed by atoms with van der Waals surface area (Å²) in [6, 6.07) is 8.69. The second-order valence-electron chi connectivity index (χ2n) is 8.02. The van der Waals surface area contributed by atoms with Crippen LogP contribution in [0.2, 0.25) is 0 Å². The minimum atomic E-state index is -3.71. The maximum absolute atomic E-state index is 13.1. The number of benzene rings is 2. The first-order chi connectivity index (χ1) is 16.3. The van der Waals surface area contributed by atoms with Crippen LogP contribution in [0.4, 0.5) is 5.69 Å². The molecule has 4 rings (SSSR count). The van der Waals surface area contributed by atoms with Crippen molar-refractivity contribution in [1.82, 2.24) is 13.9 Å². The second kappa shape index (κ2) is 9.43. The van der Waals surface area contributed by atoms with Gasteiger partial charge in [0.1, 0.15) is 5.75 Å². The van der Waals surface area contributed by atoms with Gasteiger partial charge in [0.25, 0.3) is 11.5 Å². The predicted molar refractivity (Wildman–Crippen MR) is 128 cm³/mol. The number of piperidine rings is 1. The average Bonchev–Trinajstić information content (AvgIpc) is 2.84. The van der Waals surface area contributed by atoms with Crippen molar-refractivity contribution in [3.05, 3.63) is 62.8 Å². The quantitative estimate of drug-likeness (QED) is 0.549. The molecule has 2 N–H and O–H groups in total. The number of nitrogens with one attached hydrogen (secondary N) is 2. The summed E-state index contributed by atoms with van der Waals surface area (Å²) in [7, 11) is -2.29. The van der Waals surface area contributed by atoms with Crippen LogP contribution in [0.3, 0.4) is 0 Å². The van der Waals surface area contributed by atoms with Crippen molar-refractivity contribution < 1.29 is 17.9 Å². The third kappa shape index (κ3) is 4.36. The van der Waals surface area contributed by atoms with E-state index in [1.807, 2.05) is 0 Å². The Morgan fingerprint density at radius 1 is 1.09 bits per heavy atom. The lowest BCUT2D eigenvalue weighted by molar-refractivity contribution is 0.102. The normalized spacial score (nSPS) is 14.8. The van der Waals surface area contributed by atoms with Gasteiger partial charge in [-0.2, -0.15) is 4.31 Å². The number of methoxy groups -OCH3 is 1. The van der Waals surface area contributed by atoms with Crippen LogP contribution in [0.15, 0.2) is 50.9 Å². The number of hydrogen-bond acceptors (Lipinski definition) is 6. The molecule has 0 spiro atoms. The minimum absolute atomic E-state index is 0.0634. The fraction of sp³-hybridized carbons (Fsp3) is 0.348. The summed E-state index contributed by atoms with van der Waals surface area (Å²) < 4.78 is 34.0. The highest BCUT2D eigenvalue weighted by molar-refractivity contribution is 7.89. The van der Waals surface area contributed by atoms with Gasteiger partial charge in [0.05, 0.1) is 28.6 Å². The Labute approximate surface area is 196 Å². The second-order valence-corrected chi connectivity index (χ2v) is 9.96. The van der Waals surface area contributed by atoms with Crippen molar-refractivity contribution in [2.24, 2.45) is 0 Å². The molecule has 1 aliphatic heterocycles. The molecule has 1 fully saturated rings. The van der Waals surface area contributed by atoms with E-state index in [9.17, 15) is 22.8 Å².